The van der Waals surface area contributed by atoms with Crippen molar-refractivity contribution in [2.24, 2.45) is 0 Å². The Morgan fingerprint density at radius 2 is 2.05 bits per heavy atom. The molecular weight excluding hydrogens is 343 g/mol. The van der Waals surface area contributed by atoms with E-state index in [0.29, 0.717) is 4.47 Å². The Morgan fingerprint density at radius 1 is 1.38 bits per heavy atom. The fraction of sp³-hybridized carbons (Fsp3) is 0.429. The molecular formula is C14H16BrFN2O3. The number of nitrogens with one attached hydrogen (secondary N) is 1. The molecule has 0 atom stereocenters. The van der Waals surface area contributed by atoms with E-state index in [2.05, 4.69) is 21.2 Å². The number of rotatable bonds is 4. The number of carboxylic acids is 1. The number of amides is 2. The molecule has 1 aliphatic carbocycles. The Kier molecular flexibility index (Phi) is 5.17. The average molecular weight is 359 g/mol. The van der Waals surface area contributed by atoms with Gasteiger partial charge in [-0.2, -0.15) is 0 Å². The van der Waals surface area contributed by atoms with Crippen molar-refractivity contribution >= 4 is 33.6 Å². The van der Waals surface area contributed by atoms with Crippen LogP contribution in [0.15, 0.2) is 22.7 Å². The Morgan fingerprint density at radius 3 is 2.67 bits per heavy atom. The minimum Gasteiger partial charge on any atom is -0.480 e. The van der Waals surface area contributed by atoms with Crippen LogP contribution in [0.2, 0.25) is 0 Å². The number of carbonyl (C=O) groups excluding carboxylic acids is 1. The second kappa shape index (κ2) is 6.89. The van der Waals surface area contributed by atoms with Gasteiger partial charge in [-0.1, -0.05) is 12.8 Å². The Balaban J connectivity index is 2.13. The summed E-state index contributed by atoms with van der Waals surface area (Å²) in [6, 6.07) is 3.35. The number of carboxylic acid groups (broad SMARTS) is 1. The van der Waals surface area contributed by atoms with E-state index < -0.39 is 17.8 Å². The molecule has 0 unspecified atom stereocenters. The highest BCUT2D eigenvalue weighted by Gasteiger charge is 2.28. The highest BCUT2D eigenvalue weighted by molar-refractivity contribution is 9.10. The molecule has 0 aliphatic heterocycles. The molecule has 1 aromatic carbocycles. The van der Waals surface area contributed by atoms with Crippen molar-refractivity contribution in [3.63, 3.8) is 0 Å². The molecule has 2 amide bonds. The van der Waals surface area contributed by atoms with Crippen LogP contribution in [0.1, 0.15) is 25.7 Å². The highest BCUT2D eigenvalue weighted by Crippen LogP contribution is 2.26. The largest absolute Gasteiger partial charge is 0.480 e. The normalized spacial score (nSPS) is 15.0. The molecule has 0 bridgehead atoms. The SMILES string of the molecule is O=C(O)CN(C(=O)Nc1cc(F)ccc1Br)C1CCCC1. The summed E-state index contributed by atoms with van der Waals surface area (Å²) in [5.74, 6) is -1.53. The smallest absolute Gasteiger partial charge is 0.323 e. The molecule has 0 radical (unpaired) electrons. The van der Waals surface area contributed by atoms with Gasteiger partial charge in [0.15, 0.2) is 0 Å². The molecule has 7 heteroatoms. The van der Waals surface area contributed by atoms with Gasteiger partial charge in [0.05, 0.1) is 5.69 Å². The number of hydrogen-bond donors (Lipinski definition) is 2. The average Bonchev–Trinajstić information content (AvgIpc) is 2.93. The van der Waals surface area contributed by atoms with Crippen molar-refractivity contribution in [2.45, 2.75) is 31.7 Å². The number of urea groups is 1. The lowest BCUT2D eigenvalue weighted by Crippen LogP contribution is -2.44. The zero-order valence-electron chi connectivity index (χ0n) is 11.3. The molecule has 21 heavy (non-hydrogen) atoms. The van der Waals surface area contributed by atoms with Crippen LogP contribution in [0.3, 0.4) is 0 Å². The summed E-state index contributed by atoms with van der Waals surface area (Å²) in [6.07, 6.45) is 3.56. The van der Waals surface area contributed by atoms with E-state index >= 15 is 0 Å². The third-order valence-electron chi connectivity index (χ3n) is 3.50. The van der Waals surface area contributed by atoms with Gasteiger partial charge in [0.25, 0.3) is 0 Å². The number of aliphatic carboxylic acids is 1. The molecule has 1 fully saturated rings. The molecule has 2 N–H and O–H groups in total. The van der Waals surface area contributed by atoms with Crippen LogP contribution < -0.4 is 5.32 Å². The minimum absolute atomic E-state index is 0.0755. The van der Waals surface area contributed by atoms with Gasteiger partial charge in [-0.25, -0.2) is 9.18 Å². The fourth-order valence-corrected chi connectivity index (χ4v) is 2.85. The lowest BCUT2D eigenvalue weighted by Gasteiger charge is -2.27. The van der Waals surface area contributed by atoms with Gasteiger partial charge in [-0.15, -0.1) is 0 Å². The standard InChI is InChI=1S/C14H16BrFN2O3/c15-11-6-5-9(16)7-12(11)17-14(21)18(8-13(19)20)10-3-1-2-4-10/h5-7,10H,1-4,8H2,(H,17,21)(H,19,20). The topological polar surface area (TPSA) is 69.6 Å². The second-order valence-corrected chi connectivity index (χ2v) is 5.87. The quantitative estimate of drug-likeness (QED) is 0.865. The third-order valence-corrected chi connectivity index (χ3v) is 4.19. The second-order valence-electron chi connectivity index (χ2n) is 5.01. The van der Waals surface area contributed by atoms with E-state index in [1.54, 1.807) is 0 Å². The molecule has 1 aromatic rings. The number of anilines is 1. The van der Waals surface area contributed by atoms with E-state index in [9.17, 15) is 14.0 Å². The zero-order chi connectivity index (χ0) is 15.4. The lowest BCUT2D eigenvalue weighted by atomic mass is 10.2. The van der Waals surface area contributed by atoms with Crippen LogP contribution in [-0.4, -0.2) is 34.6 Å². The van der Waals surface area contributed by atoms with Crippen LogP contribution in [-0.2, 0) is 4.79 Å². The van der Waals surface area contributed by atoms with Crippen molar-refractivity contribution in [2.75, 3.05) is 11.9 Å². The van der Waals surface area contributed by atoms with Gasteiger partial charge >= 0.3 is 12.0 Å². The maximum atomic E-state index is 13.2. The summed E-state index contributed by atoms with van der Waals surface area (Å²) in [5, 5.41) is 11.5. The van der Waals surface area contributed by atoms with Gasteiger partial charge in [0.2, 0.25) is 0 Å². The van der Waals surface area contributed by atoms with Crippen molar-refractivity contribution in [3.8, 4) is 0 Å². The van der Waals surface area contributed by atoms with Crippen LogP contribution in [0.4, 0.5) is 14.9 Å². The van der Waals surface area contributed by atoms with E-state index in [4.69, 9.17) is 5.11 Å². The Labute approximate surface area is 130 Å². The lowest BCUT2D eigenvalue weighted by molar-refractivity contribution is -0.138. The summed E-state index contributed by atoms with van der Waals surface area (Å²) in [5.41, 5.74) is 0.286. The number of nitrogens with zero attached hydrogens (tertiary/aromatic N) is 1. The first-order chi connectivity index (χ1) is 9.97. The van der Waals surface area contributed by atoms with Gasteiger partial charge < -0.3 is 15.3 Å². The van der Waals surface area contributed by atoms with E-state index in [1.807, 2.05) is 0 Å². The molecule has 0 spiro atoms. The van der Waals surface area contributed by atoms with Crippen molar-refractivity contribution in [1.29, 1.82) is 0 Å². The number of halogens is 2. The molecule has 0 saturated heterocycles. The molecule has 0 aromatic heterocycles. The first-order valence-electron chi connectivity index (χ1n) is 6.72. The summed E-state index contributed by atoms with van der Waals surface area (Å²) in [4.78, 5) is 24.6. The van der Waals surface area contributed by atoms with Gasteiger partial charge in [0.1, 0.15) is 12.4 Å². The van der Waals surface area contributed by atoms with Crippen molar-refractivity contribution in [3.05, 3.63) is 28.5 Å². The first-order valence-corrected chi connectivity index (χ1v) is 7.51. The number of hydrogen-bond acceptors (Lipinski definition) is 2. The Bertz CT molecular complexity index is 547. The summed E-state index contributed by atoms with van der Waals surface area (Å²) in [7, 11) is 0. The fourth-order valence-electron chi connectivity index (χ4n) is 2.51. The third kappa shape index (κ3) is 4.17. The minimum atomic E-state index is -1.06. The molecule has 1 saturated carbocycles. The van der Waals surface area contributed by atoms with Crippen molar-refractivity contribution in [1.82, 2.24) is 4.90 Å². The van der Waals surface area contributed by atoms with Gasteiger partial charge in [-0.05, 0) is 47.0 Å². The predicted molar refractivity (Wildman–Crippen MR) is 79.7 cm³/mol. The maximum Gasteiger partial charge on any atom is 0.323 e. The summed E-state index contributed by atoms with van der Waals surface area (Å²) < 4.78 is 13.8. The van der Waals surface area contributed by atoms with Crippen LogP contribution >= 0.6 is 15.9 Å². The highest BCUT2D eigenvalue weighted by atomic mass is 79.9. The maximum absolute atomic E-state index is 13.2. The molecule has 1 aliphatic rings. The van der Waals surface area contributed by atoms with E-state index in [-0.39, 0.29) is 18.3 Å². The van der Waals surface area contributed by atoms with Crippen LogP contribution in [0.5, 0.6) is 0 Å². The van der Waals surface area contributed by atoms with Gasteiger partial charge in [-0.3, -0.25) is 4.79 Å². The monoisotopic (exact) mass is 358 g/mol. The molecule has 5 nitrogen and oxygen atoms in total. The van der Waals surface area contributed by atoms with E-state index in [1.165, 1.54) is 23.1 Å². The van der Waals surface area contributed by atoms with Crippen LogP contribution in [0, 0.1) is 5.82 Å². The summed E-state index contributed by atoms with van der Waals surface area (Å²) >= 11 is 3.23. The molecule has 2 rings (SSSR count). The first kappa shape index (κ1) is 15.8. The number of carbonyl (C=O) groups is 2. The van der Waals surface area contributed by atoms with Crippen molar-refractivity contribution < 1.29 is 19.1 Å². The van der Waals surface area contributed by atoms with E-state index in [0.717, 1.165) is 25.7 Å². The predicted octanol–water partition coefficient (Wildman–Crippen LogP) is 3.45. The molecule has 114 valence electrons. The Hall–Kier alpha value is -1.63. The summed E-state index contributed by atoms with van der Waals surface area (Å²) in [6.45, 7) is -0.358. The van der Waals surface area contributed by atoms with Gasteiger partial charge in [0, 0.05) is 10.5 Å². The molecule has 0 heterocycles. The zero-order valence-corrected chi connectivity index (χ0v) is 12.9. The number of benzene rings is 1. The van der Waals surface area contributed by atoms with Crippen LogP contribution in [0.25, 0.3) is 0 Å².